The second kappa shape index (κ2) is 11.2. The van der Waals surface area contributed by atoms with Crippen LogP contribution in [0.4, 0.5) is 11.5 Å². The van der Waals surface area contributed by atoms with Gasteiger partial charge >= 0.3 is 0 Å². The maximum absolute atomic E-state index is 12.2. The van der Waals surface area contributed by atoms with Crippen LogP contribution in [0.5, 0.6) is 5.75 Å². The van der Waals surface area contributed by atoms with Crippen LogP contribution in [0.1, 0.15) is 5.56 Å². The first kappa shape index (κ1) is 23.2. The molecule has 9 heteroatoms. The summed E-state index contributed by atoms with van der Waals surface area (Å²) in [6.07, 6.45) is 0. The number of anilines is 2. The fourth-order valence-electron chi connectivity index (χ4n) is 3.58. The van der Waals surface area contributed by atoms with Crippen LogP contribution in [-0.4, -0.2) is 55.1 Å². The van der Waals surface area contributed by atoms with Crippen molar-refractivity contribution < 1.29 is 9.53 Å². The number of amides is 1. The van der Waals surface area contributed by atoms with Gasteiger partial charge in [0.05, 0.1) is 23.6 Å². The molecule has 0 atom stereocenters. The molecule has 0 spiro atoms. The number of halogens is 1. The van der Waals surface area contributed by atoms with Crippen LogP contribution in [0.25, 0.3) is 0 Å². The second-order valence-corrected chi connectivity index (χ2v) is 8.97. The summed E-state index contributed by atoms with van der Waals surface area (Å²) < 4.78 is 5.14. The Morgan fingerprint density at radius 3 is 2.39 bits per heavy atom. The van der Waals surface area contributed by atoms with E-state index in [0.717, 1.165) is 59.0 Å². The number of nitrogens with zero attached hydrogens (tertiary/aromatic N) is 4. The number of para-hydroxylation sites is 1. The molecule has 0 radical (unpaired) electrons. The molecule has 1 N–H and O–H groups in total. The number of methoxy groups -OCH3 is 1. The van der Waals surface area contributed by atoms with Gasteiger partial charge in [0, 0.05) is 32.7 Å². The first-order valence-electron chi connectivity index (χ1n) is 10.7. The molecule has 2 heterocycles. The van der Waals surface area contributed by atoms with Crippen LogP contribution in [-0.2, 0) is 11.3 Å². The third-order valence-electron chi connectivity index (χ3n) is 5.42. The molecule has 0 saturated carbocycles. The van der Waals surface area contributed by atoms with Gasteiger partial charge in [0.15, 0.2) is 5.82 Å². The number of piperazine rings is 1. The van der Waals surface area contributed by atoms with Gasteiger partial charge in [-0.15, -0.1) is 10.2 Å². The Labute approximate surface area is 203 Å². The van der Waals surface area contributed by atoms with E-state index in [4.69, 9.17) is 16.3 Å². The van der Waals surface area contributed by atoms with Crippen molar-refractivity contribution in [1.29, 1.82) is 0 Å². The van der Waals surface area contributed by atoms with E-state index < -0.39 is 0 Å². The van der Waals surface area contributed by atoms with Gasteiger partial charge in [-0.05, 0) is 42.0 Å². The summed E-state index contributed by atoms with van der Waals surface area (Å²) in [5.74, 6) is 1.89. The molecule has 0 unspecified atom stereocenters. The molecule has 1 fully saturated rings. The number of hydrogen-bond donors (Lipinski definition) is 1. The normalized spacial score (nSPS) is 13.6. The highest BCUT2D eigenvalue weighted by Crippen LogP contribution is 2.27. The standard InChI is InChI=1S/C24H26ClN5O2S/c1-32-19-8-6-18(7-9-19)16-26-23(31)17-33-24-11-10-22(27-28-24)30-14-12-29(13-15-30)21-5-3-2-4-20(21)25/h2-11H,12-17H2,1H3,(H,26,31). The number of benzene rings is 2. The van der Waals surface area contributed by atoms with Crippen molar-refractivity contribution in [2.45, 2.75) is 11.6 Å². The number of hydrogen-bond acceptors (Lipinski definition) is 7. The van der Waals surface area contributed by atoms with Gasteiger partial charge in [0.2, 0.25) is 5.91 Å². The van der Waals surface area contributed by atoms with E-state index in [1.807, 2.05) is 54.6 Å². The lowest BCUT2D eigenvalue weighted by Gasteiger charge is -2.36. The Kier molecular flexibility index (Phi) is 7.91. The average Bonchev–Trinajstić information content (AvgIpc) is 2.87. The lowest BCUT2D eigenvalue weighted by molar-refractivity contribution is -0.118. The molecule has 0 aliphatic carbocycles. The summed E-state index contributed by atoms with van der Waals surface area (Å²) in [6.45, 7) is 3.92. The van der Waals surface area contributed by atoms with Crippen molar-refractivity contribution in [3.63, 3.8) is 0 Å². The largest absolute Gasteiger partial charge is 0.497 e. The molecule has 3 aromatic rings. The van der Waals surface area contributed by atoms with Crippen molar-refractivity contribution in [1.82, 2.24) is 15.5 Å². The maximum atomic E-state index is 12.2. The summed E-state index contributed by atoms with van der Waals surface area (Å²) >= 11 is 7.71. The summed E-state index contributed by atoms with van der Waals surface area (Å²) in [7, 11) is 1.63. The summed E-state index contributed by atoms with van der Waals surface area (Å²) in [6, 6.07) is 19.4. The van der Waals surface area contributed by atoms with Gasteiger partial charge in [0.25, 0.3) is 0 Å². The van der Waals surface area contributed by atoms with Gasteiger partial charge in [-0.2, -0.15) is 0 Å². The van der Waals surface area contributed by atoms with Crippen LogP contribution in [0.3, 0.4) is 0 Å². The molecule has 1 amide bonds. The van der Waals surface area contributed by atoms with Crippen molar-refractivity contribution in [3.05, 3.63) is 71.2 Å². The number of nitrogens with one attached hydrogen (secondary N) is 1. The van der Waals surface area contributed by atoms with E-state index in [1.165, 1.54) is 11.8 Å². The van der Waals surface area contributed by atoms with Crippen LogP contribution in [0, 0.1) is 0 Å². The Morgan fingerprint density at radius 1 is 1.00 bits per heavy atom. The number of carbonyl (C=O) groups is 1. The minimum Gasteiger partial charge on any atom is -0.497 e. The SMILES string of the molecule is COc1ccc(CNC(=O)CSc2ccc(N3CCN(c4ccccc4Cl)CC3)nn2)cc1. The molecule has 4 rings (SSSR count). The van der Waals surface area contributed by atoms with Crippen molar-refractivity contribution in [2.75, 3.05) is 48.8 Å². The minimum absolute atomic E-state index is 0.0441. The summed E-state index contributed by atoms with van der Waals surface area (Å²) in [5.41, 5.74) is 2.09. The Hall–Kier alpha value is -2.97. The topological polar surface area (TPSA) is 70.6 Å². The lowest BCUT2D eigenvalue weighted by atomic mass is 10.2. The monoisotopic (exact) mass is 483 g/mol. The molecule has 1 aliphatic heterocycles. The fraction of sp³-hybridized carbons (Fsp3) is 0.292. The molecule has 1 aromatic heterocycles. The van der Waals surface area contributed by atoms with E-state index in [9.17, 15) is 4.79 Å². The lowest BCUT2D eigenvalue weighted by Crippen LogP contribution is -2.47. The van der Waals surface area contributed by atoms with E-state index in [-0.39, 0.29) is 5.91 Å². The number of thioether (sulfide) groups is 1. The van der Waals surface area contributed by atoms with Gasteiger partial charge in [-0.25, -0.2) is 0 Å². The number of ether oxygens (including phenoxy) is 1. The summed E-state index contributed by atoms with van der Waals surface area (Å²) in [5, 5.41) is 13.1. The molecule has 2 aromatic carbocycles. The number of rotatable bonds is 8. The fourth-order valence-corrected chi connectivity index (χ4v) is 4.48. The molecule has 33 heavy (non-hydrogen) atoms. The molecular weight excluding hydrogens is 458 g/mol. The first-order valence-corrected chi connectivity index (χ1v) is 12.1. The highest BCUT2D eigenvalue weighted by atomic mass is 35.5. The van der Waals surface area contributed by atoms with Gasteiger partial charge in [-0.3, -0.25) is 4.79 Å². The predicted molar refractivity (Wildman–Crippen MR) is 133 cm³/mol. The average molecular weight is 484 g/mol. The maximum Gasteiger partial charge on any atom is 0.230 e. The highest BCUT2D eigenvalue weighted by molar-refractivity contribution is 7.99. The Bertz CT molecular complexity index is 1060. The number of carbonyl (C=O) groups excluding carboxylic acids is 1. The zero-order valence-corrected chi connectivity index (χ0v) is 20.0. The zero-order valence-electron chi connectivity index (χ0n) is 18.4. The third kappa shape index (κ3) is 6.30. The third-order valence-corrected chi connectivity index (χ3v) is 6.66. The van der Waals surface area contributed by atoms with Crippen molar-refractivity contribution in [2.24, 2.45) is 0 Å². The molecule has 1 aliphatic rings. The molecule has 1 saturated heterocycles. The second-order valence-electron chi connectivity index (χ2n) is 7.57. The van der Waals surface area contributed by atoms with Crippen LogP contribution >= 0.6 is 23.4 Å². The molecule has 7 nitrogen and oxygen atoms in total. The van der Waals surface area contributed by atoms with E-state index in [1.54, 1.807) is 7.11 Å². The number of aromatic nitrogens is 2. The van der Waals surface area contributed by atoms with Gasteiger partial charge < -0.3 is 19.9 Å². The van der Waals surface area contributed by atoms with Crippen LogP contribution in [0.15, 0.2) is 65.7 Å². The van der Waals surface area contributed by atoms with E-state index in [0.29, 0.717) is 12.3 Å². The Morgan fingerprint density at radius 2 is 1.73 bits per heavy atom. The highest BCUT2D eigenvalue weighted by Gasteiger charge is 2.20. The van der Waals surface area contributed by atoms with E-state index in [2.05, 4.69) is 31.4 Å². The van der Waals surface area contributed by atoms with Crippen LogP contribution in [0.2, 0.25) is 5.02 Å². The quantitative estimate of drug-likeness (QED) is 0.487. The Balaban J connectivity index is 1.21. The summed E-state index contributed by atoms with van der Waals surface area (Å²) in [4.78, 5) is 16.7. The van der Waals surface area contributed by atoms with Gasteiger partial charge in [0.1, 0.15) is 10.8 Å². The van der Waals surface area contributed by atoms with Crippen molar-refractivity contribution in [3.8, 4) is 5.75 Å². The minimum atomic E-state index is -0.0441. The smallest absolute Gasteiger partial charge is 0.230 e. The molecule has 172 valence electrons. The predicted octanol–water partition coefficient (Wildman–Crippen LogP) is 3.87. The van der Waals surface area contributed by atoms with Gasteiger partial charge in [-0.1, -0.05) is 47.6 Å². The first-order chi connectivity index (χ1) is 16.1. The van der Waals surface area contributed by atoms with Crippen LogP contribution < -0.4 is 19.9 Å². The molecular formula is C24H26ClN5O2S. The zero-order chi connectivity index (χ0) is 23.0. The molecule has 0 bridgehead atoms. The van der Waals surface area contributed by atoms with E-state index >= 15 is 0 Å². The van der Waals surface area contributed by atoms with Crippen molar-refractivity contribution >= 4 is 40.8 Å².